The number of hydrogen-bond donors (Lipinski definition) is 2. The van der Waals surface area contributed by atoms with Crippen molar-refractivity contribution in [3.63, 3.8) is 0 Å². The lowest BCUT2D eigenvalue weighted by Crippen LogP contribution is -2.17. The summed E-state index contributed by atoms with van der Waals surface area (Å²) in [5.41, 5.74) is 1.88. The summed E-state index contributed by atoms with van der Waals surface area (Å²) in [6, 6.07) is 12.3. The summed E-state index contributed by atoms with van der Waals surface area (Å²) in [7, 11) is 0. The zero-order valence-corrected chi connectivity index (χ0v) is 14.2. The zero-order chi connectivity index (χ0) is 18.7. The van der Waals surface area contributed by atoms with Crippen molar-refractivity contribution >= 4 is 23.2 Å². The van der Waals surface area contributed by atoms with E-state index in [4.69, 9.17) is 0 Å². The molecular weight excluding hydrogens is 338 g/mol. The molecule has 1 amide bonds. The number of nitrogens with zero attached hydrogens (tertiary/aromatic N) is 2. The Hall–Kier alpha value is -3.35. The number of carbonyl (C=O) groups excluding carboxylic acids is 1. The third-order valence-electron chi connectivity index (χ3n) is 3.60. The van der Waals surface area contributed by atoms with E-state index >= 15 is 0 Å². The quantitative estimate of drug-likeness (QED) is 0.730. The molecule has 0 spiro atoms. The number of aryl methyl sites for hydroxylation is 2. The summed E-state index contributed by atoms with van der Waals surface area (Å²) in [6.45, 7) is 3.67. The monoisotopic (exact) mass is 354 g/mol. The molecule has 132 valence electrons. The molecule has 1 aromatic heterocycles. The maximum absolute atomic E-state index is 13.7. The highest BCUT2D eigenvalue weighted by Gasteiger charge is 2.16. The van der Waals surface area contributed by atoms with Crippen LogP contribution in [-0.2, 0) is 0 Å². The first-order valence-corrected chi connectivity index (χ1v) is 7.87. The molecular formula is C19H16F2N4O. The van der Waals surface area contributed by atoms with Gasteiger partial charge in [-0.1, -0.05) is 23.8 Å². The van der Waals surface area contributed by atoms with Crippen LogP contribution in [0.3, 0.4) is 0 Å². The molecule has 0 fully saturated rings. The summed E-state index contributed by atoms with van der Waals surface area (Å²) in [6.07, 6.45) is 0. The fourth-order valence-electron chi connectivity index (χ4n) is 2.30. The van der Waals surface area contributed by atoms with E-state index in [0.29, 0.717) is 5.69 Å². The minimum absolute atomic E-state index is 0.00485. The molecule has 3 aromatic rings. The zero-order valence-electron chi connectivity index (χ0n) is 14.2. The largest absolute Gasteiger partial charge is 0.324 e. The van der Waals surface area contributed by atoms with Gasteiger partial charge in [-0.3, -0.25) is 4.79 Å². The van der Waals surface area contributed by atoms with Gasteiger partial charge >= 0.3 is 0 Å². The highest BCUT2D eigenvalue weighted by atomic mass is 19.1. The third kappa shape index (κ3) is 4.00. The molecule has 0 radical (unpaired) electrons. The number of anilines is 3. The number of nitrogens with one attached hydrogen (secondary N) is 2. The Morgan fingerprint density at radius 2 is 1.62 bits per heavy atom. The molecule has 26 heavy (non-hydrogen) atoms. The Labute approximate surface area is 149 Å². The Morgan fingerprint density at radius 1 is 0.962 bits per heavy atom. The molecule has 0 unspecified atom stereocenters. The van der Waals surface area contributed by atoms with Crippen LogP contribution < -0.4 is 10.6 Å². The van der Waals surface area contributed by atoms with Gasteiger partial charge in [0.1, 0.15) is 23.0 Å². The van der Waals surface area contributed by atoms with Gasteiger partial charge in [0.15, 0.2) is 0 Å². The predicted molar refractivity (Wildman–Crippen MR) is 95.5 cm³/mol. The van der Waals surface area contributed by atoms with Gasteiger partial charge in [0.25, 0.3) is 5.91 Å². The Kier molecular flexibility index (Phi) is 4.88. The van der Waals surface area contributed by atoms with Crippen LogP contribution in [0.15, 0.2) is 48.5 Å². The third-order valence-corrected chi connectivity index (χ3v) is 3.60. The average Bonchev–Trinajstić information content (AvgIpc) is 2.59. The summed E-state index contributed by atoms with van der Waals surface area (Å²) >= 11 is 0. The number of carbonyl (C=O) groups is 1. The minimum atomic E-state index is -0.859. The number of amides is 1. The summed E-state index contributed by atoms with van der Waals surface area (Å²) in [5.74, 6) is -2.23. The van der Waals surface area contributed by atoms with E-state index in [1.807, 2.05) is 31.2 Å². The van der Waals surface area contributed by atoms with Crippen molar-refractivity contribution in [3.05, 3.63) is 77.1 Å². The van der Waals surface area contributed by atoms with E-state index < -0.39 is 23.2 Å². The van der Waals surface area contributed by atoms with Gasteiger partial charge in [0.05, 0.1) is 0 Å². The number of halogens is 2. The molecule has 3 rings (SSSR count). The Morgan fingerprint density at radius 3 is 2.27 bits per heavy atom. The van der Waals surface area contributed by atoms with Gasteiger partial charge < -0.3 is 10.6 Å². The van der Waals surface area contributed by atoms with Gasteiger partial charge in [0, 0.05) is 11.4 Å². The molecule has 0 aliphatic heterocycles. The number of aromatic nitrogens is 2. The fourth-order valence-corrected chi connectivity index (χ4v) is 2.30. The van der Waals surface area contributed by atoms with Crippen LogP contribution in [0.4, 0.5) is 26.1 Å². The first-order valence-electron chi connectivity index (χ1n) is 7.87. The smallest absolute Gasteiger partial charge is 0.274 e. The van der Waals surface area contributed by atoms with Crippen molar-refractivity contribution in [3.8, 4) is 0 Å². The van der Waals surface area contributed by atoms with Crippen LogP contribution in [0, 0.1) is 25.5 Å². The summed E-state index contributed by atoms with van der Waals surface area (Å²) in [4.78, 5) is 20.7. The maximum Gasteiger partial charge on any atom is 0.274 e. The van der Waals surface area contributed by atoms with Crippen LogP contribution in [-0.4, -0.2) is 15.9 Å². The van der Waals surface area contributed by atoms with Gasteiger partial charge in [-0.2, -0.15) is 0 Å². The lowest BCUT2D eigenvalue weighted by molar-refractivity contribution is 0.102. The van der Waals surface area contributed by atoms with E-state index in [2.05, 4.69) is 20.6 Å². The molecule has 0 saturated heterocycles. The number of rotatable bonds is 4. The molecule has 2 aromatic carbocycles. The second kappa shape index (κ2) is 7.26. The van der Waals surface area contributed by atoms with E-state index in [0.717, 1.165) is 23.4 Å². The van der Waals surface area contributed by atoms with Crippen LogP contribution in [0.2, 0.25) is 0 Å². The SMILES string of the molecule is Cc1ccc(Nc2nc(C)cc(C(=O)Nc3c(F)cccc3F)n2)cc1. The summed E-state index contributed by atoms with van der Waals surface area (Å²) < 4.78 is 27.4. The number of para-hydroxylation sites is 1. The molecule has 5 nitrogen and oxygen atoms in total. The first kappa shape index (κ1) is 17.5. The van der Waals surface area contributed by atoms with Crippen LogP contribution in [0.5, 0.6) is 0 Å². The van der Waals surface area contributed by atoms with Gasteiger partial charge in [-0.25, -0.2) is 18.7 Å². The van der Waals surface area contributed by atoms with Crippen molar-refractivity contribution in [2.45, 2.75) is 13.8 Å². The van der Waals surface area contributed by atoms with Crippen LogP contribution in [0.1, 0.15) is 21.7 Å². The topological polar surface area (TPSA) is 66.9 Å². The minimum Gasteiger partial charge on any atom is -0.324 e. The predicted octanol–water partition coefficient (Wildman–Crippen LogP) is 4.37. The molecule has 0 atom stereocenters. The van der Waals surface area contributed by atoms with Gasteiger partial charge in [0.2, 0.25) is 5.95 Å². The highest BCUT2D eigenvalue weighted by molar-refractivity contribution is 6.03. The van der Waals surface area contributed by atoms with Crippen molar-refractivity contribution < 1.29 is 13.6 Å². The van der Waals surface area contributed by atoms with E-state index in [-0.39, 0.29) is 11.6 Å². The van der Waals surface area contributed by atoms with Crippen molar-refractivity contribution in [1.82, 2.24) is 9.97 Å². The molecule has 0 saturated carbocycles. The number of benzene rings is 2. The van der Waals surface area contributed by atoms with E-state index in [9.17, 15) is 13.6 Å². The molecule has 0 bridgehead atoms. The lowest BCUT2D eigenvalue weighted by atomic mass is 10.2. The number of hydrogen-bond acceptors (Lipinski definition) is 4. The van der Waals surface area contributed by atoms with Gasteiger partial charge in [-0.05, 0) is 44.2 Å². The van der Waals surface area contributed by atoms with E-state index in [1.54, 1.807) is 6.92 Å². The van der Waals surface area contributed by atoms with Crippen LogP contribution in [0.25, 0.3) is 0 Å². The second-order valence-electron chi connectivity index (χ2n) is 5.76. The lowest BCUT2D eigenvalue weighted by Gasteiger charge is -2.10. The second-order valence-corrected chi connectivity index (χ2v) is 5.76. The fraction of sp³-hybridized carbons (Fsp3) is 0.105. The Balaban J connectivity index is 1.84. The van der Waals surface area contributed by atoms with Crippen molar-refractivity contribution in [1.29, 1.82) is 0 Å². The molecule has 1 heterocycles. The first-order chi connectivity index (χ1) is 12.4. The standard InChI is InChI=1S/C19H16F2N4O/c1-11-6-8-13(9-7-11)23-19-22-12(2)10-16(24-19)18(26)25-17-14(20)4-3-5-15(17)21/h3-10H,1-2H3,(H,25,26)(H,22,23,24). The van der Waals surface area contributed by atoms with Crippen molar-refractivity contribution in [2.24, 2.45) is 0 Å². The molecule has 0 aliphatic rings. The van der Waals surface area contributed by atoms with Crippen LogP contribution >= 0.6 is 0 Å². The normalized spacial score (nSPS) is 10.5. The molecule has 2 N–H and O–H groups in total. The average molecular weight is 354 g/mol. The van der Waals surface area contributed by atoms with Gasteiger partial charge in [-0.15, -0.1) is 0 Å². The molecule has 7 heteroatoms. The Bertz CT molecular complexity index is 938. The van der Waals surface area contributed by atoms with E-state index in [1.165, 1.54) is 12.1 Å². The highest BCUT2D eigenvalue weighted by Crippen LogP contribution is 2.20. The molecule has 0 aliphatic carbocycles. The summed E-state index contributed by atoms with van der Waals surface area (Å²) in [5, 5.41) is 5.22. The van der Waals surface area contributed by atoms with Crippen molar-refractivity contribution in [2.75, 3.05) is 10.6 Å². The maximum atomic E-state index is 13.7.